The van der Waals surface area contributed by atoms with E-state index in [-0.39, 0.29) is 38.0 Å². The Labute approximate surface area is 294 Å². The van der Waals surface area contributed by atoms with Gasteiger partial charge in [0.05, 0.1) is 6.61 Å². The van der Waals surface area contributed by atoms with E-state index < -0.39 is 6.10 Å². The quantitative estimate of drug-likeness (QED) is 0.0440. The molecule has 5 nitrogen and oxygen atoms in total. The maximum atomic E-state index is 12.1. The Morgan fingerprint density at radius 2 is 0.938 bits per heavy atom. The average Bonchev–Trinajstić information content (AvgIpc) is 3.09. The molecule has 5 heteroatoms. The standard InChI is InChI=1S/C43H68O5/c1-3-5-7-9-11-13-15-17-18-19-20-21-22-23-24-26-28-30-32-34-36-38-43(46)48-41(39-44)40-47-42(45)37-35-33-31-29-27-25-16-14-12-10-8-6-4-2/h5,7,11,13,17-18,20-21,23-25,27-28,30-31,33,41,44H,3-4,6,8-10,12,14-16,19,22,26,29,32,34-40H2,1-2H3/b7-5+,13-11+,18-17+,21-20+,24-23+,27-25+,30-28+,33-31+. The van der Waals surface area contributed by atoms with E-state index in [9.17, 15) is 14.7 Å². The van der Waals surface area contributed by atoms with Gasteiger partial charge < -0.3 is 14.6 Å². The van der Waals surface area contributed by atoms with Crippen LogP contribution in [0.4, 0.5) is 0 Å². The zero-order chi connectivity index (χ0) is 35.0. The Kier molecular flexibility index (Phi) is 35.7. The molecule has 0 amide bonds. The lowest BCUT2D eigenvalue weighted by Crippen LogP contribution is -2.28. The summed E-state index contributed by atoms with van der Waals surface area (Å²) in [6, 6.07) is 0. The van der Waals surface area contributed by atoms with Crippen LogP contribution in [0.2, 0.25) is 0 Å². The molecule has 0 bridgehead atoms. The highest BCUT2D eigenvalue weighted by atomic mass is 16.6. The van der Waals surface area contributed by atoms with Crippen LogP contribution in [0.15, 0.2) is 97.2 Å². The molecule has 0 aliphatic carbocycles. The molecule has 1 atom stereocenters. The SMILES string of the molecule is CC/C=C/C/C=C/C/C=C/C/C=C/C/C=C/C/C=C/CCCCC(=O)OC(CO)COC(=O)CC/C=C/C/C=C/CCCCCCCC. The molecule has 0 saturated heterocycles. The highest BCUT2D eigenvalue weighted by molar-refractivity contribution is 5.70. The molecule has 0 aliphatic heterocycles. The molecule has 0 heterocycles. The van der Waals surface area contributed by atoms with Gasteiger partial charge in [-0.2, -0.15) is 0 Å². The average molecular weight is 665 g/mol. The van der Waals surface area contributed by atoms with Crippen LogP contribution in [0.5, 0.6) is 0 Å². The van der Waals surface area contributed by atoms with E-state index in [1.807, 2.05) is 6.08 Å². The molecule has 0 spiro atoms. The molecule has 0 rings (SSSR count). The van der Waals surface area contributed by atoms with Crippen LogP contribution in [0.25, 0.3) is 0 Å². The van der Waals surface area contributed by atoms with Gasteiger partial charge in [-0.15, -0.1) is 0 Å². The van der Waals surface area contributed by atoms with Gasteiger partial charge in [-0.25, -0.2) is 0 Å². The summed E-state index contributed by atoms with van der Waals surface area (Å²) in [5, 5.41) is 9.52. The van der Waals surface area contributed by atoms with Crippen molar-refractivity contribution in [1.82, 2.24) is 0 Å². The van der Waals surface area contributed by atoms with Crippen LogP contribution in [-0.2, 0) is 19.1 Å². The van der Waals surface area contributed by atoms with Gasteiger partial charge in [0.15, 0.2) is 6.10 Å². The number of aliphatic hydroxyl groups is 1. The molecule has 0 aromatic carbocycles. The van der Waals surface area contributed by atoms with Gasteiger partial charge in [0.1, 0.15) is 6.61 Å². The first-order chi connectivity index (χ1) is 23.6. The highest BCUT2D eigenvalue weighted by Crippen LogP contribution is 2.08. The van der Waals surface area contributed by atoms with Crippen molar-refractivity contribution in [3.8, 4) is 0 Å². The Morgan fingerprint density at radius 1 is 0.500 bits per heavy atom. The van der Waals surface area contributed by atoms with Crippen LogP contribution in [-0.4, -0.2) is 36.4 Å². The van der Waals surface area contributed by atoms with Gasteiger partial charge in [-0.05, 0) is 83.5 Å². The van der Waals surface area contributed by atoms with Gasteiger partial charge in [0.2, 0.25) is 0 Å². The number of allylic oxidation sites excluding steroid dienone is 16. The van der Waals surface area contributed by atoms with Crippen molar-refractivity contribution in [2.75, 3.05) is 13.2 Å². The first kappa shape index (κ1) is 44.8. The predicted molar refractivity (Wildman–Crippen MR) is 205 cm³/mol. The Balaban J connectivity index is 3.78. The lowest BCUT2D eigenvalue weighted by Gasteiger charge is -2.15. The smallest absolute Gasteiger partial charge is 0.306 e. The summed E-state index contributed by atoms with van der Waals surface area (Å²) in [5.41, 5.74) is 0. The van der Waals surface area contributed by atoms with Crippen LogP contribution in [0, 0.1) is 0 Å². The minimum atomic E-state index is -0.822. The van der Waals surface area contributed by atoms with Crippen molar-refractivity contribution < 1.29 is 24.2 Å². The van der Waals surface area contributed by atoms with Crippen molar-refractivity contribution in [1.29, 1.82) is 0 Å². The summed E-state index contributed by atoms with van der Waals surface area (Å²) in [7, 11) is 0. The summed E-state index contributed by atoms with van der Waals surface area (Å²) in [4.78, 5) is 24.2. The summed E-state index contributed by atoms with van der Waals surface area (Å²) in [6.45, 7) is 3.90. The molecule has 0 aromatic rings. The molecule has 0 aliphatic rings. The number of unbranched alkanes of at least 4 members (excludes halogenated alkanes) is 8. The van der Waals surface area contributed by atoms with Crippen LogP contribution >= 0.6 is 0 Å². The number of hydrogen-bond acceptors (Lipinski definition) is 5. The first-order valence-electron chi connectivity index (χ1n) is 18.8. The first-order valence-corrected chi connectivity index (χ1v) is 18.8. The minimum absolute atomic E-state index is 0.121. The Morgan fingerprint density at radius 3 is 1.44 bits per heavy atom. The van der Waals surface area contributed by atoms with Gasteiger partial charge in [0.25, 0.3) is 0 Å². The monoisotopic (exact) mass is 665 g/mol. The summed E-state index contributed by atoms with van der Waals surface area (Å²) in [6.07, 6.45) is 53.3. The van der Waals surface area contributed by atoms with Gasteiger partial charge >= 0.3 is 11.9 Å². The lowest BCUT2D eigenvalue weighted by molar-refractivity contribution is -0.161. The predicted octanol–water partition coefficient (Wildman–Crippen LogP) is 11.7. The number of carbonyl (C=O) groups excluding carboxylic acids is 2. The molecule has 48 heavy (non-hydrogen) atoms. The van der Waals surface area contributed by atoms with Crippen LogP contribution in [0.3, 0.4) is 0 Å². The molecular weight excluding hydrogens is 596 g/mol. The number of rotatable bonds is 32. The Bertz CT molecular complexity index is 979. The normalized spacial score (nSPS) is 13.3. The number of esters is 2. The maximum absolute atomic E-state index is 12.1. The minimum Gasteiger partial charge on any atom is -0.462 e. The van der Waals surface area contributed by atoms with E-state index in [4.69, 9.17) is 9.47 Å². The van der Waals surface area contributed by atoms with E-state index in [1.54, 1.807) is 0 Å². The summed E-state index contributed by atoms with van der Waals surface area (Å²) < 4.78 is 10.5. The zero-order valence-electron chi connectivity index (χ0n) is 30.5. The largest absolute Gasteiger partial charge is 0.462 e. The van der Waals surface area contributed by atoms with E-state index in [2.05, 4.69) is 105 Å². The van der Waals surface area contributed by atoms with E-state index >= 15 is 0 Å². The fourth-order valence-electron chi connectivity index (χ4n) is 4.55. The second-order valence-electron chi connectivity index (χ2n) is 11.9. The van der Waals surface area contributed by atoms with Gasteiger partial charge in [-0.1, -0.05) is 143 Å². The van der Waals surface area contributed by atoms with E-state index in [0.29, 0.717) is 12.8 Å². The number of hydrogen-bond donors (Lipinski definition) is 1. The highest BCUT2D eigenvalue weighted by Gasteiger charge is 2.15. The van der Waals surface area contributed by atoms with Crippen molar-refractivity contribution in [3.05, 3.63) is 97.2 Å². The number of ether oxygens (including phenoxy) is 2. The molecule has 0 saturated carbocycles. The Hall–Kier alpha value is -3.18. The van der Waals surface area contributed by atoms with E-state index in [1.165, 1.54) is 38.5 Å². The third-order valence-corrected chi connectivity index (χ3v) is 7.38. The van der Waals surface area contributed by atoms with Gasteiger partial charge in [-0.3, -0.25) is 9.59 Å². The molecule has 0 radical (unpaired) electrons. The van der Waals surface area contributed by atoms with Crippen molar-refractivity contribution in [2.24, 2.45) is 0 Å². The van der Waals surface area contributed by atoms with Crippen molar-refractivity contribution >= 4 is 11.9 Å². The van der Waals surface area contributed by atoms with Crippen LogP contribution < -0.4 is 0 Å². The fourth-order valence-corrected chi connectivity index (χ4v) is 4.55. The molecule has 0 fully saturated rings. The molecule has 270 valence electrons. The zero-order valence-corrected chi connectivity index (χ0v) is 30.5. The fraction of sp³-hybridized carbons (Fsp3) is 0.581. The van der Waals surface area contributed by atoms with Gasteiger partial charge in [0, 0.05) is 12.8 Å². The topological polar surface area (TPSA) is 72.8 Å². The molecule has 1 N–H and O–H groups in total. The molecule has 1 unspecified atom stereocenters. The molecule has 0 aromatic heterocycles. The third-order valence-electron chi connectivity index (χ3n) is 7.38. The summed E-state index contributed by atoms with van der Waals surface area (Å²) in [5.74, 6) is -0.732. The molecular formula is C43H68O5. The maximum Gasteiger partial charge on any atom is 0.306 e. The van der Waals surface area contributed by atoms with Crippen LogP contribution in [0.1, 0.15) is 142 Å². The number of aliphatic hydroxyl groups excluding tert-OH is 1. The third kappa shape index (κ3) is 35.7. The summed E-state index contributed by atoms with van der Waals surface area (Å²) >= 11 is 0. The second kappa shape index (κ2) is 38.3. The van der Waals surface area contributed by atoms with E-state index in [0.717, 1.165) is 64.2 Å². The van der Waals surface area contributed by atoms with Crippen molar-refractivity contribution in [3.63, 3.8) is 0 Å². The van der Waals surface area contributed by atoms with Crippen molar-refractivity contribution in [2.45, 2.75) is 148 Å². The second-order valence-corrected chi connectivity index (χ2v) is 11.9. The lowest BCUT2D eigenvalue weighted by atomic mass is 10.1. The number of carbonyl (C=O) groups is 2.